The zero-order valence-corrected chi connectivity index (χ0v) is 12.5. The number of ether oxygens (including phenoxy) is 1. The van der Waals surface area contributed by atoms with Crippen molar-refractivity contribution in [2.45, 2.75) is 38.0 Å². The van der Waals surface area contributed by atoms with Gasteiger partial charge in [-0.15, -0.1) is 0 Å². The van der Waals surface area contributed by atoms with E-state index in [1.807, 2.05) is 0 Å². The van der Waals surface area contributed by atoms with E-state index in [1.165, 1.54) is 0 Å². The monoisotopic (exact) mass is 295 g/mol. The van der Waals surface area contributed by atoms with Gasteiger partial charge in [0.15, 0.2) is 9.84 Å². The maximum atomic E-state index is 11.6. The number of amides is 1. The van der Waals surface area contributed by atoms with E-state index in [0.29, 0.717) is 6.61 Å². The molecule has 106 valence electrons. The van der Waals surface area contributed by atoms with Crippen molar-refractivity contribution in [1.29, 1.82) is 0 Å². The van der Waals surface area contributed by atoms with Crippen molar-refractivity contribution < 1.29 is 17.9 Å². The number of alkyl carbamates (subject to hydrolysis) is 1. The average molecular weight is 295 g/mol. The van der Waals surface area contributed by atoms with Crippen molar-refractivity contribution in [3.05, 3.63) is 0 Å². The molecule has 5 nitrogen and oxygen atoms in total. The van der Waals surface area contributed by atoms with Gasteiger partial charge in [-0.3, -0.25) is 0 Å². The zero-order valence-electron chi connectivity index (χ0n) is 10.8. The molecule has 18 heavy (non-hydrogen) atoms. The summed E-state index contributed by atoms with van der Waals surface area (Å²) < 4.78 is 28.0. The Morgan fingerprint density at radius 2 is 2.11 bits per heavy atom. The topological polar surface area (TPSA) is 72.5 Å². The van der Waals surface area contributed by atoms with E-state index in [-0.39, 0.29) is 22.8 Å². The van der Waals surface area contributed by atoms with Gasteiger partial charge in [0.1, 0.15) is 0 Å². The Balaban J connectivity index is 2.53. The third-order valence-corrected chi connectivity index (χ3v) is 6.10. The summed E-state index contributed by atoms with van der Waals surface area (Å²) >= 11 is 1.63. The summed E-state index contributed by atoms with van der Waals surface area (Å²) in [6, 6.07) is -0.323. The van der Waals surface area contributed by atoms with Gasteiger partial charge in [-0.1, -0.05) is 13.3 Å². The first-order chi connectivity index (χ1) is 8.48. The highest BCUT2D eigenvalue weighted by atomic mass is 32.2. The summed E-state index contributed by atoms with van der Waals surface area (Å²) in [5, 5.41) is 2.60. The van der Waals surface area contributed by atoms with Crippen LogP contribution < -0.4 is 5.32 Å². The molecule has 0 bridgehead atoms. The first-order valence-corrected chi connectivity index (χ1v) is 9.10. The van der Waals surface area contributed by atoms with Gasteiger partial charge in [0.25, 0.3) is 0 Å². The molecule has 0 unspecified atom stereocenters. The lowest BCUT2D eigenvalue weighted by molar-refractivity contribution is 0.149. The van der Waals surface area contributed by atoms with Crippen LogP contribution in [0.15, 0.2) is 0 Å². The first-order valence-electron chi connectivity index (χ1n) is 6.23. The fourth-order valence-electron chi connectivity index (χ4n) is 1.82. The number of sulfone groups is 1. The van der Waals surface area contributed by atoms with Crippen LogP contribution in [-0.2, 0) is 14.6 Å². The number of thioether (sulfide) groups is 1. The molecular weight excluding hydrogens is 274 g/mol. The van der Waals surface area contributed by atoms with E-state index in [0.717, 1.165) is 18.6 Å². The van der Waals surface area contributed by atoms with Crippen LogP contribution in [-0.4, -0.2) is 49.7 Å². The Morgan fingerprint density at radius 3 is 2.72 bits per heavy atom. The molecule has 1 aliphatic heterocycles. The smallest absolute Gasteiger partial charge is 0.407 e. The Morgan fingerprint density at radius 1 is 1.39 bits per heavy atom. The molecule has 7 heteroatoms. The van der Waals surface area contributed by atoms with E-state index in [9.17, 15) is 13.2 Å². The molecule has 0 spiro atoms. The summed E-state index contributed by atoms with van der Waals surface area (Å²) in [6.45, 7) is 4.11. The summed E-state index contributed by atoms with van der Waals surface area (Å²) in [7, 11) is -3.03. The van der Waals surface area contributed by atoms with Gasteiger partial charge in [-0.05, 0) is 19.1 Å². The molecule has 0 aromatic carbocycles. The third kappa shape index (κ3) is 5.06. The minimum atomic E-state index is -3.03. The summed E-state index contributed by atoms with van der Waals surface area (Å²) in [5.41, 5.74) is 0. The van der Waals surface area contributed by atoms with Gasteiger partial charge in [0, 0.05) is 5.25 Å². The minimum Gasteiger partial charge on any atom is -0.450 e. The van der Waals surface area contributed by atoms with Crippen LogP contribution in [0.3, 0.4) is 0 Å². The molecule has 1 N–H and O–H groups in total. The number of hydrogen-bond donors (Lipinski definition) is 1. The molecule has 1 saturated heterocycles. The van der Waals surface area contributed by atoms with Crippen LogP contribution in [0.2, 0.25) is 0 Å². The van der Waals surface area contributed by atoms with Crippen molar-refractivity contribution in [2.75, 3.05) is 23.9 Å². The normalized spacial score (nSPS) is 25.9. The maximum absolute atomic E-state index is 11.6. The summed E-state index contributed by atoms with van der Waals surface area (Å²) in [6.07, 6.45) is 1.62. The average Bonchev–Trinajstić information content (AvgIpc) is 2.54. The molecule has 1 amide bonds. The van der Waals surface area contributed by atoms with Crippen LogP contribution >= 0.6 is 11.8 Å². The van der Waals surface area contributed by atoms with Crippen LogP contribution in [0.4, 0.5) is 4.79 Å². The van der Waals surface area contributed by atoms with Crippen molar-refractivity contribution in [3.63, 3.8) is 0 Å². The lowest BCUT2D eigenvalue weighted by Crippen LogP contribution is -2.41. The Labute approximate surface area is 113 Å². The van der Waals surface area contributed by atoms with Crippen LogP contribution in [0.5, 0.6) is 0 Å². The number of rotatable bonds is 6. The number of carbonyl (C=O) groups is 1. The van der Waals surface area contributed by atoms with Gasteiger partial charge < -0.3 is 10.1 Å². The zero-order chi connectivity index (χ0) is 13.6. The molecule has 1 fully saturated rings. The second-order valence-corrected chi connectivity index (χ2v) is 7.81. The minimum absolute atomic E-state index is 0.0234. The van der Waals surface area contributed by atoms with Crippen molar-refractivity contribution >= 4 is 27.7 Å². The molecule has 0 aromatic rings. The molecule has 1 aliphatic rings. The predicted molar refractivity (Wildman–Crippen MR) is 73.8 cm³/mol. The van der Waals surface area contributed by atoms with E-state index in [1.54, 1.807) is 18.7 Å². The molecule has 1 heterocycles. The van der Waals surface area contributed by atoms with Gasteiger partial charge in [0.05, 0.1) is 24.2 Å². The molecule has 2 atom stereocenters. The summed E-state index contributed by atoms with van der Waals surface area (Å²) in [4.78, 5) is 11.3. The second kappa shape index (κ2) is 7.23. The van der Waals surface area contributed by atoms with Crippen LogP contribution in [0.25, 0.3) is 0 Å². The van der Waals surface area contributed by atoms with Crippen LogP contribution in [0.1, 0.15) is 26.7 Å². The van der Waals surface area contributed by atoms with E-state index < -0.39 is 15.9 Å². The SMILES string of the molecule is CCCCS[C@@H]1CS(=O)(=O)C[C@H]1NC(=O)OCC. The maximum Gasteiger partial charge on any atom is 0.407 e. The Kier molecular flexibility index (Phi) is 6.28. The third-order valence-electron chi connectivity index (χ3n) is 2.71. The predicted octanol–water partition coefficient (Wildman–Crippen LogP) is 1.43. The van der Waals surface area contributed by atoms with Gasteiger partial charge in [-0.25, -0.2) is 13.2 Å². The fourth-order valence-corrected chi connectivity index (χ4v) is 5.83. The first kappa shape index (κ1) is 15.6. The number of unbranched alkanes of at least 4 members (excludes halogenated alkanes) is 1. The van der Waals surface area contributed by atoms with Crippen LogP contribution in [0, 0.1) is 0 Å². The molecule has 0 aromatic heterocycles. The highest BCUT2D eigenvalue weighted by Crippen LogP contribution is 2.25. The van der Waals surface area contributed by atoms with E-state index in [4.69, 9.17) is 4.74 Å². The van der Waals surface area contributed by atoms with Crippen molar-refractivity contribution in [1.82, 2.24) is 5.32 Å². The van der Waals surface area contributed by atoms with Gasteiger partial charge in [0.2, 0.25) is 0 Å². The Bertz CT molecular complexity index is 369. The molecule has 0 aliphatic carbocycles. The lowest BCUT2D eigenvalue weighted by Gasteiger charge is -2.18. The lowest BCUT2D eigenvalue weighted by atomic mass is 10.2. The highest BCUT2D eigenvalue weighted by Gasteiger charge is 2.38. The Hall–Kier alpha value is -0.430. The summed E-state index contributed by atoms with van der Waals surface area (Å²) in [5.74, 6) is 1.10. The molecular formula is C11H21NO4S2. The molecule has 0 saturated carbocycles. The fraction of sp³-hybridized carbons (Fsp3) is 0.909. The van der Waals surface area contributed by atoms with E-state index >= 15 is 0 Å². The molecule has 0 radical (unpaired) electrons. The standard InChI is InChI=1S/C11H21NO4S2/c1-3-5-6-17-10-8-18(14,15)7-9(10)12-11(13)16-4-2/h9-10H,3-8H2,1-2H3,(H,12,13)/t9-,10-/m1/s1. The van der Waals surface area contributed by atoms with Gasteiger partial charge in [-0.2, -0.15) is 11.8 Å². The van der Waals surface area contributed by atoms with E-state index in [2.05, 4.69) is 12.2 Å². The van der Waals surface area contributed by atoms with Crippen molar-refractivity contribution in [3.8, 4) is 0 Å². The highest BCUT2D eigenvalue weighted by molar-refractivity contribution is 8.01. The quantitative estimate of drug-likeness (QED) is 0.751. The van der Waals surface area contributed by atoms with Crippen molar-refractivity contribution in [2.24, 2.45) is 0 Å². The number of carbonyl (C=O) groups excluding carboxylic acids is 1. The molecule has 1 rings (SSSR count). The second-order valence-electron chi connectivity index (χ2n) is 4.31. The number of nitrogens with one attached hydrogen (secondary N) is 1. The largest absolute Gasteiger partial charge is 0.450 e. The van der Waals surface area contributed by atoms with Gasteiger partial charge >= 0.3 is 6.09 Å². The number of hydrogen-bond acceptors (Lipinski definition) is 5.